The second kappa shape index (κ2) is 6.55. The van der Waals surface area contributed by atoms with Crippen molar-refractivity contribution in [1.82, 2.24) is 0 Å². The molecule has 0 saturated heterocycles. The molecule has 92 valence electrons. The van der Waals surface area contributed by atoms with E-state index in [0.29, 0.717) is 5.92 Å². The number of carbonyl (C=O) groups excluding carboxylic acids is 1. The molecule has 2 nitrogen and oxygen atoms in total. The van der Waals surface area contributed by atoms with Crippen LogP contribution in [0.25, 0.3) is 0 Å². The Morgan fingerprint density at radius 2 is 1.82 bits per heavy atom. The van der Waals surface area contributed by atoms with Crippen LogP contribution in [0.15, 0.2) is 30.3 Å². The highest BCUT2D eigenvalue weighted by Gasteiger charge is 2.14. The van der Waals surface area contributed by atoms with Crippen molar-refractivity contribution in [2.75, 3.05) is 13.2 Å². The third-order valence-electron chi connectivity index (χ3n) is 3.41. The van der Waals surface area contributed by atoms with Gasteiger partial charge < -0.3 is 4.74 Å². The van der Waals surface area contributed by atoms with E-state index in [1.165, 1.54) is 32.1 Å². The first-order valence-corrected chi connectivity index (χ1v) is 6.52. The second-order valence-corrected chi connectivity index (χ2v) is 4.81. The van der Waals surface area contributed by atoms with Crippen molar-refractivity contribution in [2.45, 2.75) is 32.1 Å². The summed E-state index contributed by atoms with van der Waals surface area (Å²) in [6.07, 6.45) is 6.53. The number of carbonyl (C=O) groups is 1. The second-order valence-electron chi connectivity index (χ2n) is 4.81. The van der Waals surface area contributed by atoms with Gasteiger partial charge in [-0.2, -0.15) is 0 Å². The molecule has 0 radical (unpaired) electrons. The lowest BCUT2D eigenvalue weighted by Crippen LogP contribution is -2.17. The molecular weight excluding hydrogens is 212 g/mol. The quantitative estimate of drug-likeness (QED) is 0.727. The van der Waals surface area contributed by atoms with E-state index in [4.69, 9.17) is 4.74 Å². The predicted octanol–water partition coefficient (Wildman–Crippen LogP) is 3.47. The Bertz CT molecular complexity index is 339. The summed E-state index contributed by atoms with van der Waals surface area (Å²) < 4.78 is 5.54. The first-order chi connectivity index (χ1) is 8.36. The van der Waals surface area contributed by atoms with E-state index in [1.54, 1.807) is 0 Å². The minimum absolute atomic E-state index is 0.0846. The third-order valence-corrected chi connectivity index (χ3v) is 3.41. The summed E-state index contributed by atoms with van der Waals surface area (Å²) in [5.74, 6) is 0.758. The Morgan fingerprint density at radius 3 is 2.53 bits per heavy atom. The summed E-state index contributed by atoms with van der Waals surface area (Å²) in [7, 11) is 0. The van der Waals surface area contributed by atoms with Gasteiger partial charge in [0.25, 0.3) is 0 Å². The first kappa shape index (κ1) is 12.3. The van der Waals surface area contributed by atoms with Gasteiger partial charge in [-0.25, -0.2) is 0 Å². The molecule has 0 heterocycles. The van der Waals surface area contributed by atoms with Crippen LogP contribution < -0.4 is 0 Å². The molecular formula is C15H20O2. The summed E-state index contributed by atoms with van der Waals surface area (Å²) in [5, 5.41) is 0. The van der Waals surface area contributed by atoms with Gasteiger partial charge in [0.05, 0.1) is 6.61 Å². The van der Waals surface area contributed by atoms with Crippen LogP contribution in [0.2, 0.25) is 0 Å². The van der Waals surface area contributed by atoms with E-state index in [2.05, 4.69) is 0 Å². The van der Waals surface area contributed by atoms with Crippen LogP contribution in [-0.2, 0) is 4.74 Å². The van der Waals surface area contributed by atoms with Crippen molar-refractivity contribution in [3.8, 4) is 0 Å². The number of ether oxygens (including phenoxy) is 1. The number of hydrogen-bond donors (Lipinski definition) is 0. The van der Waals surface area contributed by atoms with Gasteiger partial charge in [-0.15, -0.1) is 0 Å². The summed E-state index contributed by atoms with van der Waals surface area (Å²) >= 11 is 0. The molecule has 1 saturated carbocycles. The standard InChI is InChI=1S/C15H20O2/c16-15(14-9-5-2-6-10-14)12-17-11-13-7-3-1-4-8-13/h2,5-6,9-10,13H,1,3-4,7-8,11-12H2. The van der Waals surface area contributed by atoms with Crippen molar-refractivity contribution in [3.05, 3.63) is 35.9 Å². The topological polar surface area (TPSA) is 26.3 Å². The molecule has 0 atom stereocenters. The number of benzene rings is 1. The lowest BCUT2D eigenvalue weighted by molar-refractivity contribution is 0.0628. The van der Waals surface area contributed by atoms with Gasteiger partial charge in [0.15, 0.2) is 5.78 Å². The van der Waals surface area contributed by atoms with Crippen LogP contribution in [0.4, 0.5) is 0 Å². The molecule has 0 aromatic heterocycles. The van der Waals surface area contributed by atoms with Gasteiger partial charge in [0.2, 0.25) is 0 Å². The Kier molecular flexibility index (Phi) is 4.75. The zero-order valence-electron chi connectivity index (χ0n) is 10.2. The molecule has 0 bridgehead atoms. The molecule has 0 spiro atoms. The predicted molar refractivity (Wildman–Crippen MR) is 68.2 cm³/mol. The summed E-state index contributed by atoms with van der Waals surface area (Å²) in [5.41, 5.74) is 0.746. The summed E-state index contributed by atoms with van der Waals surface area (Å²) in [4.78, 5) is 11.8. The lowest BCUT2D eigenvalue weighted by Gasteiger charge is -2.21. The number of hydrogen-bond acceptors (Lipinski definition) is 2. The minimum atomic E-state index is 0.0846. The highest BCUT2D eigenvalue weighted by Crippen LogP contribution is 2.23. The van der Waals surface area contributed by atoms with Gasteiger partial charge in [0, 0.05) is 5.56 Å². The van der Waals surface area contributed by atoms with E-state index in [-0.39, 0.29) is 12.4 Å². The molecule has 2 rings (SSSR count). The van der Waals surface area contributed by atoms with E-state index in [9.17, 15) is 4.79 Å². The monoisotopic (exact) mass is 232 g/mol. The van der Waals surface area contributed by atoms with E-state index >= 15 is 0 Å². The fourth-order valence-corrected chi connectivity index (χ4v) is 2.38. The van der Waals surface area contributed by atoms with Crippen LogP contribution in [-0.4, -0.2) is 19.0 Å². The third kappa shape index (κ3) is 3.97. The van der Waals surface area contributed by atoms with Crippen LogP contribution in [0.3, 0.4) is 0 Å². The molecule has 0 N–H and O–H groups in total. The number of rotatable bonds is 5. The van der Waals surface area contributed by atoms with Crippen molar-refractivity contribution >= 4 is 5.78 Å². The molecule has 1 aliphatic rings. The largest absolute Gasteiger partial charge is 0.373 e. The van der Waals surface area contributed by atoms with E-state index < -0.39 is 0 Å². The molecule has 17 heavy (non-hydrogen) atoms. The normalized spacial score (nSPS) is 16.9. The average molecular weight is 232 g/mol. The lowest BCUT2D eigenvalue weighted by atomic mass is 9.90. The van der Waals surface area contributed by atoms with Gasteiger partial charge in [0.1, 0.15) is 6.61 Å². The van der Waals surface area contributed by atoms with Gasteiger partial charge in [-0.3, -0.25) is 4.79 Å². The van der Waals surface area contributed by atoms with Gasteiger partial charge >= 0.3 is 0 Å². The van der Waals surface area contributed by atoms with Crippen LogP contribution in [0, 0.1) is 5.92 Å². The maximum absolute atomic E-state index is 11.8. The van der Waals surface area contributed by atoms with Crippen molar-refractivity contribution < 1.29 is 9.53 Å². The highest BCUT2D eigenvalue weighted by molar-refractivity contribution is 5.96. The summed E-state index contributed by atoms with van der Waals surface area (Å²) in [6, 6.07) is 9.36. The fourth-order valence-electron chi connectivity index (χ4n) is 2.38. The number of ketones is 1. The van der Waals surface area contributed by atoms with Crippen molar-refractivity contribution in [2.24, 2.45) is 5.92 Å². The van der Waals surface area contributed by atoms with Crippen LogP contribution in [0.5, 0.6) is 0 Å². The zero-order valence-corrected chi connectivity index (χ0v) is 10.2. The molecule has 1 fully saturated rings. The SMILES string of the molecule is O=C(COCC1CCCCC1)c1ccccc1. The average Bonchev–Trinajstić information content (AvgIpc) is 2.41. The maximum atomic E-state index is 11.8. The van der Waals surface area contributed by atoms with E-state index in [0.717, 1.165) is 12.2 Å². The fraction of sp³-hybridized carbons (Fsp3) is 0.533. The van der Waals surface area contributed by atoms with Crippen molar-refractivity contribution in [3.63, 3.8) is 0 Å². The van der Waals surface area contributed by atoms with Crippen molar-refractivity contribution in [1.29, 1.82) is 0 Å². The molecule has 1 aromatic carbocycles. The smallest absolute Gasteiger partial charge is 0.188 e. The molecule has 2 heteroatoms. The molecule has 1 aliphatic carbocycles. The Hall–Kier alpha value is -1.15. The first-order valence-electron chi connectivity index (χ1n) is 6.52. The number of Topliss-reactive ketones (excluding diaryl/α,β-unsaturated/α-hetero) is 1. The van der Waals surface area contributed by atoms with Gasteiger partial charge in [-0.1, -0.05) is 49.6 Å². The van der Waals surface area contributed by atoms with Crippen LogP contribution in [0.1, 0.15) is 42.5 Å². The molecule has 1 aromatic rings. The Labute approximate surface area is 103 Å². The minimum Gasteiger partial charge on any atom is -0.373 e. The maximum Gasteiger partial charge on any atom is 0.188 e. The zero-order chi connectivity index (χ0) is 11.9. The van der Waals surface area contributed by atoms with Gasteiger partial charge in [-0.05, 0) is 18.8 Å². The Morgan fingerprint density at radius 1 is 1.12 bits per heavy atom. The highest BCUT2D eigenvalue weighted by atomic mass is 16.5. The molecule has 0 aliphatic heterocycles. The molecule has 0 unspecified atom stereocenters. The van der Waals surface area contributed by atoms with Crippen LogP contribution >= 0.6 is 0 Å². The molecule has 0 amide bonds. The Balaban J connectivity index is 1.69. The summed E-state index contributed by atoms with van der Waals surface area (Å²) in [6.45, 7) is 0.971. The van der Waals surface area contributed by atoms with E-state index in [1.807, 2.05) is 30.3 Å².